The lowest BCUT2D eigenvalue weighted by atomic mass is 10.00. The van der Waals surface area contributed by atoms with Crippen LogP contribution in [0.1, 0.15) is 23.1 Å². The summed E-state index contributed by atoms with van der Waals surface area (Å²) >= 11 is 1.58. The van der Waals surface area contributed by atoms with E-state index in [1.165, 1.54) is 0 Å². The van der Waals surface area contributed by atoms with Crippen molar-refractivity contribution >= 4 is 23.8 Å². The summed E-state index contributed by atoms with van der Waals surface area (Å²) in [6, 6.07) is 25.4. The Morgan fingerprint density at radius 2 is 1.57 bits per heavy atom. The first kappa shape index (κ1) is 31.0. The van der Waals surface area contributed by atoms with Crippen molar-refractivity contribution in [2.24, 2.45) is 0 Å². The molecule has 214 valence electrons. The summed E-state index contributed by atoms with van der Waals surface area (Å²) in [4.78, 5) is 25.9. The number of amides is 2. The maximum atomic E-state index is 13.4. The Balaban J connectivity index is 1.63. The van der Waals surface area contributed by atoms with E-state index in [9.17, 15) is 14.7 Å². The summed E-state index contributed by atoms with van der Waals surface area (Å²) < 4.78 is 10.6. The third kappa shape index (κ3) is 10.9. The number of carbonyl (C=O) groups is 2. The molecule has 4 N–H and O–H groups in total. The minimum Gasteiger partial charge on any atom is -0.497 e. The molecule has 0 fully saturated rings. The van der Waals surface area contributed by atoms with E-state index >= 15 is 0 Å². The fourth-order valence-electron chi connectivity index (χ4n) is 4.14. The molecule has 0 aliphatic heterocycles. The van der Waals surface area contributed by atoms with Crippen LogP contribution in [0.4, 0.5) is 4.79 Å². The van der Waals surface area contributed by atoms with Crippen LogP contribution < -0.4 is 20.7 Å². The van der Waals surface area contributed by atoms with Gasteiger partial charge in [-0.1, -0.05) is 72.8 Å². The molecule has 0 heterocycles. The second-order valence-corrected chi connectivity index (χ2v) is 10.4. The van der Waals surface area contributed by atoms with E-state index in [0.29, 0.717) is 25.1 Å². The van der Waals surface area contributed by atoms with Crippen LogP contribution >= 0.6 is 11.8 Å². The smallest absolute Gasteiger partial charge is 0.408 e. The summed E-state index contributed by atoms with van der Waals surface area (Å²) in [6.45, 7) is 0.903. The third-order valence-electron chi connectivity index (χ3n) is 6.34. The van der Waals surface area contributed by atoms with Crippen LogP contribution in [0.2, 0.25) is 0 Å². The van der Waals surface area contributed by atoms with Gasteiger partial charge in [-0.2, -0.15) is 11.8 Å². The van der Waals surface area contributed by atoms with E-state index in [2.05, 4.69) is 16.0 Å². The van der Waals surface area contributed by atoms with Gasteiger partial charge in [0.25, 0.3) is 0 Å². The highest BCUT2D eigenvalue weighted by atomic mass is 32.2. The monoisotopic (exact) mass is 565 g/mol. The molecule has 40 heavy (non-hydrogen) atoms. The minimum absolute atomic E-state index is 0.109. The van der Waals surface area contributed by atoms with Crippen LogP contribution in [-0.2, 0) is 29.1 Å². The summed E-state index contributed by atoms with van der Waals surface area (Å²) in [7, 11) is 1.62. The molecule has 9 heteroatoms. The largest absolute Gasteiger partial charge is 0.497 e. The molecule has 8 nitrogen and oxygen atoms in total. The molecule has 3 rings (SSSR count). The van der Waals surface area contributed by atoms with Gasteiger partial charge in [-0.15, -0.1) is 0 Å². The van der Waals surface area contributed by atoms with Gasteiger partial charge in [0, 0.05) is 13.1 Å². The van der Waals surface area contributed by atoms with E-state index in [1.807, 2.05) is 91.2 Å². The lowest BCUT2D eigenvalue weighted by Crippen LogP contribution is -2.55. The van der Waals surface area contributed by atoms with Crippen molar-refractivity contribution < 1.29 is 24.2 Å². The molecule has 2 amide bonds. The molecule has 0 aliphatic carbocycles. The zero-order chi connectivity index (χ0) is 28.6. The van der Waals surface area contributed by atoms with E-state index < -0.39 is 24.3 Å². The maximum absolute atomic E-state index is 13.4. The quantitative estimate of drug-likeness (QED) is 0.209. The Kier molecular flexibility index (Phi) is 13.3. The Morgan fingerprint density at radius 3 is 2.25 bits per heavy atom. The molecule has 3 aromatic carbocycles. The highest BCUT2D eigenvalue weighted by molar-refractivity contribution is 7.98. The molecule has 0 saturated heterocycles. The summed E-state index contributed by atoms with van der Waals surface area (Å²) in [5.74, 6) is 1.07. The van der Waals surface area contributed by atoms with Crippen LogP contribution in [0.3, 0.4) is 0 Å². The number of nitrogens with one attached hydrogen (secondary N) is 3. The number of thioether (sulfide) groups is 1. The van der Waals surface area contributed by atoms with Gasteiger partial charge in [-0.25, -0.2) is 4.79 Å². The fourth-order valence-corrected chi connectivity index (χ4v) is 4.61. The van der Waals surface area contributed by atoms with E-state index in [0.717, 1.165) is 22.4 Å². The summed E-state index contributed by atoms with van der Waals surface area (Å²) in [5.41, 5.74) is 2.86. The predicted molar refractivity (Wildman–Crippen MR) is 159 cm³/mol. The fraction of sp³-hybridized carbons (Fsp3) is 0.355. The van der Waals surface area contributed by atoms with Crippen LogP contribution in [0.25, 0.3) is 0 Å². The topological polar surface area (TPSA) is 109 Å². The van der Waals surface area contributed by atoms with Crippen molar-refractivity contribution in [3.05, 3.63) is 102 Å². The number of rotatable bonds is 16. The van der Waals surface area contributed by atoms with E-state index in [-0.39, 0.29) is 19.1 Å². The van der Waals surface area contributed by atoms with Crippen LogP contribution in [0.15, 0.2) is 84.9 Å². The van der Waals surface area contributed by atoms with Crippen molar-refractivity contribution in [2.75, 3.05) is 25.7 Å². The number of methoxy groups -OCH3 is 1. The molecule has 3 atom stereocenters. The van der Waals surface area contributed by atoms with Crippen molar-refractivity contribution in [3.63, 3.8) is 0 Å². The minimum atomic E-state index is -0.874. The summed E-state index contributed by atoms with van der Waals surface area (Å²) in [6.07, 6.45) is 1.27. The Labute approximate surface area is 240 Å². The molecule has 0 aromatic heterocycles. The Morgan fingerprint density at radius 1 is 0.900 bits per heavy atom. The Bertz CT molecular complexity index is 1170. The predicted octanol–water partition coefficient (Wildman–Crippen LogP) is 3.92. The first-order chi connectivity index (χ1) is 19.5. The van der Waals surface area contributed by atoms with Gasteiger partial charge in [-0.3, -0.25) is 4.79 Å². The van der Waals surface area contributed by atoms with Gasteiger partial charge in [0.2, 0.25) is 5.91 Å². The van der Waals surface area contributed by atoms with Gasteiger partial charge in [0.15, 0.2) is 0 Å². The standard InChI is InChI=1S/C31H39N3O5S/c1-38-26-15-9-14-25(18-26)20-32-21-29(35)28(19-23-10-5-3-6-11-23)33-30(36)27(16-17-40-2)34-31(37)39-22-24-12-7-4-8-13-24/h3-15,18,27-29,32,35H,16-17,19-22H2,1-2H3,(H,33,36)(H,34,37)/t27?,28-,29+/m0/s1. The third-order valence-corrected chi connectivity index (χ3v) is 6.98. The van der Waals surface area contributed by atoms with E-state index in [4.69, 9.17) is 9.47 Å². The van der Waals surface area contributed by atoms with E-state index in [1.54, 1.807) is 18.9 Å². The highest BCUT2D eigenvalue weighted by Gasteiger charge is 2.27. The molecule has 0 saturated carbocycles. The van der Waals surface area contributed by atoms with Gasteiger partial charge in [0.05, 0.1) is 19.3 Å². The zero-order valence-electron chi connectivity index (χ0n) is 23.0. The van der Waals surface area contributed by atoms with Crippen molar-refractivity contribution in [1.29, 1.82) is 0 Å². The number of hydrogen-bond acceptors (Lipinski definition) is 7. The molecule has 0 aliphatic rings. The first-order valence-electron chi connectivity index (χ1n) is 13.3. The molecule has 3 aromatic rings. The molecule has 0 spiro atoms. The summed E-state index contributed by atoms with van der Waals surface area (Å²) in [5, 5.41) is 20.1. The number of ether oxygens (including phenoxy) is 2. The molecular weight excluding hydrogens is 526 g/mol. The molecule has 0 radical (unpaired) electrons. The van der Waals surface area contributed by atoms with Crippen LogP contribution in [0.5, 0.6) is 5.75 Å². The van der Waals surface area contributed by atoms with Crippen molar-refractivity contribution in [3.8, 4) is 5.75 Å². The zero-order valence-corrected chi connectivity index (χ0v) is 23.9. The van der Waals surface area contributed by atoms with Gasteiger partial charge >= 0.3 is 6.09 Å². The number of benzene rings is 3. The average Bonchev–Trinajstić information content (AvgIpc) is 2.99. The highest BCUT2D eigenvalue weighted by Crippen LogP contribution is 2.13. The molecule has 1 unspecified atom stereocenters. The molecule has 0 bridgehead atoms. The number of aliphatic hydroxyl groups excluding tert-OH is 1. The van der Waals surface area contributed by atoms with Crippen molar-refractivity contribution in [2.45, 2.75) is 44.2 Å². The average molecular weight is 566 g/mol. The second-order valence-electron chi connectivity index (χ2n) is 9.39. The number of hydrogen-bond donors (Lipinski definition) is 4. The van der Waals surface area contributed by atoms with Crippen LogP contribution in [-0.4, -0.2) is 61.0 Å². The number of alkyl carbamates (subject to hydrolysis) is 1. The second kappa shape index (κ2) is 17.2. The Hall–Kier alpha value is -3.53. The SMILES string of the molecule is COc1cccc(CNC[C@@H](O)[C@H](Cc2ccccc2)NC(=O)C(CCSC)NC(=O)OCc2ccccc2)c1. The van der Waals surface area contributed by atoms with Crippen molar-refractivity contribution in [1.82, 2.24) is 16.0 Å². The number of carbonyl (C=O) groups excluding carboxylic acids is 2. The molecular formula is C31H39N3O5S. The van der Waals surface area contributed by atoms with Crippen LogP contribution in [0, 0.1) is 0 Å². The maximum Gasteiger partial charge on any atom is 0.408 e. The van der Waals surface area contributed by atoms with Gasteiger partial charge in [-0.05, 0) is 53.7 Å². The first-order valence-corrected chi connectivity index (χ1v) is 14.7. The number of aliphatic hydroxyl groups is 1. The van der Waals surface area contributed by atoms with Gasteiger partial charge in [0.1, 0.15) is 18.4 Å². The lowest BCUT2D eigenvalue weighted by Gasteiger charge is -2.27. The normalized spacial score (nSPS) is 13.1. The lowest BCUT2D eigenvalue weighted by molar-refractivity contribution is -0.124. The van der Waals surface area contributed by atoms with Gasteiger partial charge < -0.3 is 30.5 Å².